The average Bonchev–Trinajstić information content (AvgIpc) is 2.98. The molecule has 1 amide bonds. The fourth-order valence-corrected chi connectivity index (χ4v) is 3.09. The minimum Gasteiger partial charge on any atom is -0.444 e. The van der Waals surface area contributed by atoms with Gasteiger partial charge in [-0.3, -0.25) is 0 Å². The van der Waals surface area contributed by atoms with E-state index in [0.29, 0.717) is 10.0 Å². The van der Waals surface area contributed by atoms with Crippen LogP contribution in [0.2, 0.25) is 10.0 Å². The number of amides is 1. The van der Waals surface area contributed by atoms with E-state index in [-0.39, 0.29) is 6.54 Å². The molecular weight excluding hydrogens is 373 g/mol. The van der Waals surface area contributed by atoms with Gasteiger partial charge in [0.25, 0.3) is 0 Å². The van der Waals surface area contributed by atoms with Crippen LogP contribution in [0.1, 0.15) is 26.3 Å². The van der Waals surface area contributed by atoms with Crippen molar-refractivity contribution in [3.05, 3.63) is 58.5 Å². The summed E-state index contributed by atoms with van der Waals surface area (Å²) in [6.45, 7) is 5.75. The minimum atomic E-state index is -0.556. The van der Waals surface area contributed by atoms with Gasteiger partial charge in [0.1, 0.15) is 11.2 Å². The van der Waals surface area contributed by atoms with Crippen molar-refractivity contribution >= 4 is 34.9 Å². The highest BCUT2D eigenvalue weighted by Crippen LogP contribution is 2.33. The summed E-state index contributed by atoms with van der Waals surface area (Å²) in [5, 5.41) is 3.89. The van der Waals surface area contributed by atoms with Gasteiger partial charge in [-0.15, -0.1) is 0 Å². The van der Waals surface area contributed by atoms with Crippen LogP contribution in [0, 0.1) is 0 Å². The fourth-order valence-electron chi connectivity index (χ4n) is 2.58. The minimum absolute atomic E-state index is 0.284. The largest absolute Gasteiger partial charge is 0.444 e. The molecule has 1 aromatic carbocycles. The zero-order valence-electron chi connectivity index (χ0n) is 14.7. The molecule has 0 radical (unpaired) electrons. The van der Waals surface area contributed by atoms with Crippen molar-refractivity contribution in [1.29, 1.82) is 0 Å². The molecule has 5 nitrogen and oxygen atoms in total. The van der Waals surface area contributed by atoms with E-state index in [4.69, 9.17) is 27.9 Å². The highest BCUT2D eigenvalue weighted by atomic mass is 35.5. The molecule has 2 heterocycles. The third-order valence-electron chi connectivity index (χ3n) is 3.66. The molecule has 0 fully saturated rings. The lowest BCUT2D eigenvalue weighted by atomic mass is 10.0. The lowest BCUT2D eigenvalue weighted by Gasteiger charge is -2.20. The summed E-state index contributed by atoms with van der Waals surface area (Å²) < 4.78 is 7.20. The van der Waals surface area contributed by atoms with Crippen LogP contribution in [-0.4, -0.2) is 21.1 Å². The highest BCUT2D eigenvalue weighted by Gasteiger charge is 2.17. The van der Waals surface area contributed by atoms with Crippen molar-refractivity contribution in [2.75, 3.05) is 0 Å². The number of rotatable bonds is 3. The van der Waals surface area contributed by atoms with Crippen LogP contribution in [0.15, 0.2) is 42.9 Å². The monoisotopic (exact) mass is 391 g/mol. The van der Waals surface area contributed by atoms with Crippen molar-refractivity contribution in [1.82, 2.24) is 14.7 Å². The maximum atomic E-state index is 12.0. The van der Waals surface area contributed by atoms with Gasteiger partial charge >= 0.3 is 6.09 Å². The number of nitrogens with zero attached hydrogens (tertiary/aromatic N) is 2. The van der Waals surface area contributed by atoms with E-state index in [1.54, 1.807) is 18.3 Å². The molecule has 136 valence electrons. The number of imidazole rings is 1. The molecule has 3 rings (SSSR count). The van der Waals surface area contributed by atoms with Crippen LogP contribution in [0.4, 0.5) is 4.79 Å². The van der Waals surface area contributed by atoms with Crippen molar-refractivity contribution in [3.63, 3.8) is 0 Å². The number of carbonyl (C=O) groups excluding carboxylic acids is 1. The Labute approximate surface area is 161 Å². The molecule has 0 atom stereocenters. The van der Waals surface area contributed by atoms with Crippen LogP contribution in [0.25, 0.3) is 16.8 Å². The summed E-state index contributed by atoms with van der Waals surface area (Å²) in [6.07, 6.45) is 5.03. The Balaban J connectivity index is 1.96. The first-order valence-corrected chi connectivity index (χ1v) is 8.86. The van der Waals surface area contributed by atoms with Crippen molar-refractivity contribution in [3.8, 4) is 11.1 Å². The summed E-state index contributed by atoms with van der Waals surface area (Å²) in [7, 11) is 0. The molecule has 0 bridgehead atoms. The predicted octanol–water partition coefficient (Wildman–Crippen LogP) is 5.33. The summed E-state index contributed by atoms with van der Waals surface area (Å²) in [5.74, 6) is 0. The van der Waals surface area contributed by atoms with Crippen LogP contribution in [0.3, 0.4) is 0 Å². The fraction of sp³-hybridized carbons (Fsp3) is 0.263. The molecule has 0 aliphatic heterocycles. The molecule has 2 aromatic heterocycles. The Hall–Kier alpha value is -2.24. The Morgan fingerprint density at radius 1 is 1.23 bits per heavy atom. The highest BCUT2D eigenvalue weighted by molar-refractivity contribution is 6.36. The summed E-state index contributed by atoms with van der Waals surface area (Å²) in [4.78, 5) is 16.3. The van der Waals surface area contributed by atoms with Crippen LogP contribution < -0.4 is 5.32 Å². The third kappa shape index (κ3) is 4.29. The van der Waals surface area contributed by atoms with Crippen LogP contribution in [-0.2, 0) is 11.3 Å². The maximum absolute atomic E-state index is 12.0. The Morgan fingerprint density at radius 3 is 2.69 bits per heavy atom. The smallest absolute Gasteiger partial charge is 0.407 e. The standard InChI is InChI=1S/C19H19Cl2N3O2/c1-19(2,3)26-18(25)23-10-12-8-17-22-6-7-24(17)11-15(12)14-5-4-13(20)9-16(14)21/h4-9,11H,10H2,1-3H3,(H,23,25). The second kappa shape index (κ2) is 7.17. The number of alkyl carbamates (subject to hydrolysis) is 1. The van der Waals surface area contributed by atoms with Gasteiger partial charge in [-0.2, -0.15) is 0 Å². The van der Waals surface area contributed by atoms with E-state index in [1.165, 1.54) is 0 Å². The van der Waals surface area contributed by atoms with Gasteiger partial charge in [-0.25, -0.2) is 9.78 Å². The van der Waals surface area contributed by atoms with Crippen LogP contribution >= 0.6 is 23.2 Å². The number of hydrogen-bond acceptors (Lipinski definition) is 3. The average molecular weight is 392 g/mol. The SMILES string of the molecule is CC(C)(C)OC(=O)NCc1cc2nccn2cc1-c1ccc(Cl)cc1Cl. The first-order valence-electron chi connectivity index (χ1n) is 8.11. The van der Waals surface area contributed by atoms with Gasteiger partial charge in [0.05, 0.1) is 0 Å². The molecule has 7 heteroatoms. The zero-order chi connectivity index (χ0) is 18.9. The van der Waals surface area contributed by atoms with E-state index < -0.39 is 11.7 Å². The number of nitrogens with one attached hydrogen (secondary N) is 1. The van der Waals surface area contributed by atoms with Gasteiger partial charge in [-0.05, 0) is 44.5 Å². The molecule has 3 aromatic rings. The van der Waals surface area contributed by atoms with Gasteiger partial charge in [0.15, 0.2) is 0 Å². The molecular formula is C19H19Cl2N3O2. The van der Waals surface area contributed by atoms with Gasteiger partial charge in [0, 0.05) is 46.3 Å². The molecule has 0 spiro atoms. The molecule has 26 heavy (non-hydrogen) atoms. The predicted molar refractivity (Wildman–Crippen MR) is 104 cm³/mol. The molecule has 0 saturated heterocycles. The lowest BCUT2D eigenvalue weighted by molar-refractivity contribution is 0.0523. The second-order valence-electron chi connectivity index (χ2n) is 6.88. The summed E-state index contributed by atoms with van der Waals surface area (Å²) in [6, 6.07) is 7.25. The third-order valence-corrected chi connectivity index (χ3v) is 4.21. The molecule has 1 N–H and O–H groups in total. The first-order chi connectivity index (χ1) is 12.2. The molecule has 0 aliphatic carbocycles. The number of fused-ring (bicyclic) bond motifs is 1. The first kappa shape index (κ1) is 18.5. The van der Waals surface area contributed by atoms with E-state index >= 15 is 0 Å². The summed E-state index contributed by atoms with van der Waals surface area (Å²) in [5.41, 5.74) is 2.80. The maximum Gasteiger partial charge on any atom is 0.407 e. The number of ether oxygens (including phenoxy) is 1. The number of benzene rings is 1. The van der Waals surface area contributed by atoms with Gasteiger partial charge in [-0.1, -0.05) is 29.3 Å². The Morgan fingerprint density at radius 2 is 2.00 bits per heavy atom. The van der Waals surface area contributed by atoms with Crippen molar-refractivity contribution in [2.45, 2.75) is 32.9 Å². The number of carbonyl (C=O) groups is 1. The topological polar surface area (TPSA) is 55.6 Å². The van der Waals surface area contributed by atoms with E-state index in [2.05, 4.69) is 10.3 Å². The second-order valence-corrected chi connectivity index (χ2v) is 7.73. The number of aromatic nitrogens is 2. The molecule has 0 aliphatic rings. The summed E-state index contributed by atoms with van der Waals surface area (Å²) >= 11 is 12.4. The zero-order valence-corrected chi connectivity index (χ0v) is 16.2. The Bertz CT molecular complexity index is 961. The number of halogens is 2. The molecule has 0 unspecified atom stereocenters. The Kier molecular flexibility index (Phi) is 5.12. The molecule has 0 saturated carbocycles. The quantitative estimate of drug-likeness (QED) is 0.655. The van der Waals surface area contributed by atoms with Gasteiger partial charge in [0.2, 0.25) is 0 Å². The van der Waals surface area contributed by atoms with Gasteiger partial charge < -0.3 is 14.5 Å². The van der Waals surface area contributed by atoms with E-state index in [9.17, 15) is 4.79 Å². The van der Waals surface area contributed by atoms with Crippen molar-refractivity contribution < 1.29 is 9.53 Å². The van der Waals surface area contributed by atoms with E-state index in [1.807, 2.05) is 49.7 Å². The number of pyridine rings is 1. The lowest BCUT2D eigenvalue weighted by Crippen LogP contribution is -2.32. The van der Waals surface area contributed by atoms with Crippen LogP contribution in [0.5, 0.6) is 0 Å². The van der Waals surface area contributed by atoms with E-state index in [0.717, 1.165) is 22.3 Å². The van der Waals surface area contributed by atoms with Crippen molar-refractivity contribution in [2.24, 2.45) is 0 Å². The normalized spacial score (nSPS) is 11.6. The number of hydrogen-bond donors (Lipinski definition) is 1.